The molecule has 2 rings (SSSR count). The van der Waals surface area contributed by atoms with Gasteiger partial charge >= 0.3 is 5.97 Å². The van der Waals surface area contributed by atoms with Gasteiger partial charge in [0.15, 0.2) is 0 Å². The molecule has 0 aliphatic heterocycles. The Morgan fingerprint density at radius 3 is 2.36 bits per heavy atom. The molecule has 0 saturated carbocycles. The van der Waals surface area contributed by atoms with Gasteiger partial charge in [-0.05, 0) is 48.9 Å². The number of hydrogen-bond donors (Lipinski definition) is 2. The van der Waals surface area contributed by atoms with Crippen molar-refractivity contribution in [1.82, 2.24) is 0 Å². The Bertz CT molecular complexity index is 851. The van der Waals surface area contributed by atoms with Gasteiger partial charge in [-0.1, -0.05) is 18.5 Å². The fourth-order valence-corrected chi connectivity index (χ4v) is 3.44. The molecule has 0 saturated heterocycles. The van der Waals surface area contributed by atoms with E-state index in [9.17, 15) is 13.2 Å². The first-order valence-corrected chi connectivity index (χ1v) is 9.63. The molecule has 0 radical (unpaired) electrons. The van der Waals surface area contributed by atoms with Crippen LogP contribution in [0.3, 0.4) is 0 Å². The highest BCUT2D eigenvalue weighted by molar-refractivity contribution is 7.92. The second-order valence-electron chi connectivity index (χ2n) is 5.31. The molecular weight excluding hydrogens is 364 g/mol. The Balaban J connectivity index is 2.15. The first-order chi connectivity index (χ1) is 11.8. The van der Waals surface area contributed by atoms with E-state index in [2.05, 4.69) is 14.8 Å². The first-order valence-electron chi connectivity index (χ1n) is 7.60. The van der Waals surface area contributed by atoms with Crippen molar-refractivity contribution in [1.29, 1.82) is 0 Å². The van der Waals surface area contributed by atoms with Gasteiger partial charge in [0, 0.05) is 11.4 Å². The minimum Gasteiger partial charge on any atom is -0.465 e. The van der Waals surface area contributed by atoms with Crippen LogP contribution in [0.15, 0.2) is 42.5 Å². The molecule has 0 atom stereocenters. The Kier molecular flexibility index (Phi) is 6.27. The van der Waals surface area contributed by atoms with E-state index in [1.54, 1.807) is 49.4 Å². The van der Waals surface area contributed by atoms with Gasteiger partial charge < -0.3 is 10.1 Å². The second kappa shape index (κ2) is 8.22. The lowest BCUT2D eigenvalue weighted by Gasteiger charge is -2.11. The molecule has 0 bridgehead atoms. The third kappa shape index (κ3) is 5.37. The van der Waals surface area contributed by atoms with Crippen LogP contribution in [0.5, 0.6) is 0 Å². The van der Waals surface area contributed by atoms with Crippen molar-refractivity contribution in [3.63, 3.8) is 0 Å². The molecule has 0 aliphatic carbocycles. The molecule has 0 heterocycles. The second-order valence-corrected chi connectivity index (χ2v) is 7.56. The topological polar surface area (TPSA) is 84.5 Å². The maximum atomic E-state index is 11.8. The van der Waals surface area contributed by atoms with Gasteiger partial charge in [0.2, 0.25) is 10.0 Å². The quantitative estimate of drug-likeness (QED) is 0.706. The number of rotatable bonds is 7. The highest BCUT2D eigenvalue weighted by Gasteiger charge is 2.10. The smallest absolute Gasteiger partial charge is 0.337 e. The number of sulfonamides is 1. The summed E-state index contributed by atoms with van der Waals surface area (Å²) in [4.78, 5) is 11.6. The number of anilines is 3. The maximum absolute atomic E-state index is 11.8. The third-order valence-corrected chi connectivity index (χ3v) is 5.12. The number of carbonyl (C=O) groups excluding carboxylic acids is 1. The lowest BCUT2D eigenvalue weighted by atomic mass is 10.2. The number of methoxy groups -OCH3 is 1. The molecule has 0 unspecified atom stereocenters. The van der Waals surface area contributed by atoms with Crippen molar-refractivity contribution >= 4 is 44.7 Å². The van der Waals surface area contributed by atoms with Gasteiger partial charge in [0.1, 0.15) is 0 Å². The van der Waals surface area contributed by atoms with Crippen LogP contribution in [-0.4, -0.2) is 27.2 Å². The number of nitrogens with one attached hydrogen (secondary N) is 2. The van der Waals surface area contributed by atoms with Crippen molar-refractivity contribution in [3.8, 4) is 0 Å². The molecule has 6 nitrogen and oxygen atoms in total. The van der Waals surface area contributed by atoms with Gasteiger partial charge in [0.05, 0.1) is 29.1 Å². The van der Waals surface area contributed by atoms with Crippen molar-refractivity contribution in [2.45, 2.75) is 13.3 Å². The lowest BCUT2D eigenvalue weighted by molar-refractivity contribution is 0.0601. The number of benzene rings is 2. The summed E-state index contributed by atoms with van der Waals surface area (Å²) in [6.07, 6.45) is 0.546. The van der Waals surface area contributed by atoms with Crippen molar-refractivity contribution < 1.29 is 17.9 Å². The van der Waals surface area contributed by atoms with Gasteiger partial charge in [-0.2, -0.15) is 0 Å². The number of carbonyl (C=O) groups is 1. The third-order valence-electron chi connectivity index (χ3n) is 3.30. The minimum absolute atomic E-state index is 0.0724. The van der Waals surface area contributed by atoms with Gasteiger partial charge in [-0.25, -0.2) is 13.2 Å². The van der Waals surface area contributed by atoms with E-state index >= 15 is 0 Å². The maximum Gasteiger partial charge on any atom is 0.337 e. The molecule has 0 fully saturated rings. The first kappa shape index (κ1) is 19.1. The fourth-order valence-electron chi connectivity index (χ4n) is 2.14. The van der Waals surface area contributed by atoms with Crippen molar-refractivity contribution in [2.24, 2.45) is 0 Å². The van der Waals surface area contributed by atoms with E-state index in [4.69, 9.17) is 11.6 Å². The molecule has 25 heavy (non-hydrogen) atoms. The summed E-state index contributed by atoms with van der Waals surface area (Å²) in [7, 11) is -2.02. The Morgan fingerprint density at radius 1 is 1.12 bits per heavy atom. The van der Waals surface area contributed by atoms with Crippen molar-refractivity contribution in [2.75, 3.05) is 22.9 Å². The zero-order valence-corrected chi connectivity index (χ0v) is 15.4. The molecule has 2 N–H and O–H groups in total. The Hall–Kier alpha value is -2.25. The van der Waals surface area contributed by atoms with E-state index < -0.39 is 16.0 Å². The SMILES string of the molecule is CCCS(=O)(=O)Nc1ccc(Nc2cc(C(=O)OC)ccc2Cl)cc1. The molecule has 0 amide bonds. The molecule has 2 aromatic carbocycles. The van der Waals surface area contributed by atoms with Crippen LogP contribution in [0.25, 0.3) is 0 Å². The highest BCUT2D eigenvalue weighted by Crippen LogP contribution is 2.27. The van der Waals surface area contributed by atoms with Crippen LogP contribution < -0.4 is 10.0 Å². The summed E-state index contributed by atoms with van der Waals surface area (Å²) in [5, 5.41) is 3.53. The van der Waals surface area contributed by atoms with E-state index in [-0.39, 0.29) is 5.75 Å². The molecule has 8 heteroatoms. The van der Waals surface area contributed by atoms with E-state index in [0.29, 0.717) is 34.1 Å². The van der Waals surface area contributed by atoms with E-state index in [1.807, 2.05) is 0 Å². The molecule has 0 spiro atoms. The van der Waals surface area contributed by atoms with Crippen LogP contribution >= 0.6 is 11.6 Å². The van der Waals surface area contributed by atoms with Crippen LogP contribution in [0.1, 0.15) is 23.7 Å². The van der Waals surface area contributed by atoms with E-state index in [1.165, 1.54) is 7.11 Å². The predicted molar refractivity (Wildman–Crippen MR) is 100 cm³/mol. The zero-order valence-electron chi connectivity index (χ0n) is 13.9. The summed E-state index contributed by atoms with van der Waals surface area (Å²) < 4.78 is 30.7. The molecule has 134 valence electrons. The number of ether oxygens (including phenoxy) is 1. The largest absolute Gasteiger partial charge is 0.465 e. The van der Waals surface area contributed by atoms with Crippen LogP contribution in [0.2, 0.25) is 5.02 Å². The lowest BCUT2D eigenvalue weighted by Crippen LogP contribution is -2.15. The number of esters is 1. The zero-order chi connectivity index (χ0) is 18.4. The average molecular weight is 383 g/mol. The summed E-state index contributed by atoms with van der Waals surface area (Å²) >= 11 is 6.14. The molecule has 0 aliphatic rings. The number of hydrogen-bond acceptors (Lipinski definition) is 5. The van der Waals surface area contributed by atoms with Crippen LogP contribution in [0, 0.1) is 0 Å². The number of halogens is 1. The summed E-state index contributed by atoms with van der Waals surface area (Å²) in [5.41, 5.74) is 2.10. The summed E-state index contributed by atoms with van der Waals surface area (Å²) in [6, 6.07) is 11.5. The van der Waals surface area contributed by atoms with Crippen LogP contribution in [0.4, 0.5) is 17.1 Å². The predicted octanol–water partition coefficient (Wildman–Crippen LogP) is 4.02. The van der Waals surface area contributed by atoms with Gasteiger partial charge in [-0.3, -0.25) is 4.72 Å². The summed E-state index contributed by atoms with van der Waals surface area (Å²) in [6.45, 7) is 1.80. The molecular formula is C17H19ClN2O4S. The molecule has 2 aromatic rings. The standard InChI is InChI=1S/C17H19ClN2O4S/c1-3-10-25(22,23)20-14-7-5-13(6-8-14)19-16-11-12(17(21)24-2)4-9-15(16)18/h4-9,11,19-20H,3,10H2,1-2H3. The Labute approximate surface area is 152 Å². The molecule has 0 aromatic heterocycles. The van der Waals surface area contributed by atoms with E-state index in [0.717, 1.165) is 0 Å². The van der Waals surface area contributed by atoms with Crippen LogP contribution in [-0.2, 0) is 14.8 Å². The van der Waals surface area contributed by atoms with Crippen molar-refractivity contribution in [3.05, 3.63) is 53.1 Å². The average Bonchev–Trinajstić information content (AvgIpc) is 2.57. The minimum atomic E-state index is -3.32. The van der Waals surface area contributed by atoms with Gasteiger partial charge in [-0.15, -0.1) is 0 Å². The summed E-state index contributed by atoms with van der Waals surface area (Å²) in [5.74, 6) is -0.386. The fraction of sp³-hybridized carbons (Fsp3) is 0.235. The monoisotopic (exact) mass is 382 g/mol. The Morgan fingerprint density at radius 2 is 1.76 bits per heavy atom. The van der Waals surface area contributed by atoms with Gasteiger partial charge in [0.25, 0.3) is 0 Å². The normalized spacial score (nSPS) is 11.0. The highest BCUT2D eigenvalue weighted by atomic mass is 35.5.